The van der Waals surface area contributed by atoms with E-state index in [0.29, 0.717) is 31.9 Å². The molecule has 5 heteroatoms. The fourth-order valence-corrected chi connectivity index (χ4v) is 3.29. The van der Waals surface area contributed by atoms with Crippen molar-refractivity contribution in [3.05, 3.63) is 58.9 Å². The van der Waals surface area contributed by atoms with E-state index in [1.165, 1.54) is 6.07 Å². The third kappa shape index (κ3) is 3.98. The highest BCUT2D eigenvalue weighted by Gasteiger charge is 2.23. The Bertz CT molecular complexity index is 799. The Balaban J connectivity index is 1.55. The number of nitrogens with zero attached hydrogens (tertiary/aromatic N) is 2. The summed E-state index contributed by atoms with van der Waals surface area (Å²) in [7, 11) is 0. The Morgan fingerprint density at radius 3 is 2.46 bits per heavy atom. The minimum Gasteiger partial charge on any atom is -0.483 e. The Morgan fingerprint density at radius 2 is 1.77 bits per heavy atom. The third-order valence-electron chi connectivity index (χ3n) is 4.94. The molecule has 1 aliphatic rings. The van der Waals surface area contributed by atoms with Crippen LogP contribution < -0.4 is 9.64 Å². The highest BCUT2D eigenvalue weighted by molar-refractivity contribution is 5.78. The van der Waals surface area contributed by atoms with Crippen molar-refractivity contribution in [2.45, 2.75) is 20.8 Å². The summed E-state index contributed by atoms with van der Waals surface area (Å²) in [5.41, 5.74) is 3.94. The van der Waals surface area contributed by atoms with E-state index >= 15 is 0 Å². The summed E-state index contributed by atoms with van der Waals surface area (Å²) in [6.07, 6.45) is 0. The van der Waals surface area contributed by atoms with Crippen molar-refractivity contribution in [3.63, 3.8) is 0 Å². The largest absolute Gasteiger partial charge is 0.483 e. The van der Waals surface area contributed by atoms with Crippen LogP contribution in [0.25, 0.3) is 0 Å². The first-order valence-corrected chi connectivity index (χ1v) is 8.93. The Morgan fingerprint density at radius 1 is 1.08 bits per heavy atom. The molecule has 1 saturated heterocycles. The third-order valence-corrected chi connectivity index (χ3v) is 4.94. The van der Waals surface area contributed by atoms with Gasteiger partial charge >= 0.3 is 0 Å². The van der Waals surface area contributed by atoms with Crippen LogP contribution in [0.3, 0.4) is 0 Å². The molecule has 26 heavy (non-hydrogen) atoms. The van der Waals surface area contributed by atoms with Crippen molar-refractivity contribution in [2.24, 2.45) is 0 Å². The second-order valence-electron chi connectivity index (χ2n) is 6.81. The second kappa shape index (κ2) is 7.77. The van der Waals surface area contributed by atoms with E-state index in [1.54, 1.807) is 17.0 Å². The van der Waals surface area contributed by atoms with Gasteiger partial charge in [-0.05, 0) is 55.7 Å². The maximum absolute atomic E-state index is 13.9. The highest BCUT2D eigenvalue weighted by Crippen LogP contribution is 2.24. The van der Waals surface area contributed by atoms with E-state index in [0.717, 1.165) is 22.4 Å². The van der Waals surface area contributed by atoms with Gasteiger partial charge in [0, 0.05) is 26.2 Å². The molecule has 3 rings (SSSR count). The lowest BCUT2D eigenvalue weighted by atomic mass is 10.1. The van der Waals surface area contributed by atoms with Crippen LogP contribution in [0.1, 0.15) is 16.7 Å². The summed E-state index contributed by atoms with van der Waals surface area (Å²) >= 11 is 0. The number of halogens is 1. The molecule has 0 N–H and O–H groups in total. The van der Waals surface area contributed by atoms with Gasteiger partial charge in [0.1, 0.15) is 11.6 Å². The number of para-hydroxylation sites is 1. The molecular weight excluding hydrogens is 331 g/mol. The summed E-state index contributed by atoms with van der Waals surface area (Å²) in [4.78, 5) is 16.2. The maximum Gasteiger partial charge on any atom is 0.260 e. The average molecular weight is 356 g/mol. The van der Waals surface area contributed by atoms with Gasteiger partial charge in [0.15, 0.2) is 6.61 Å². The van der Waals surface area contributed by atoms with E-state index in [1.807, 2.05) is 37.8 Å². The van der Waals surface area contributed by atoms with Crippen molar-refractivity contribution < 1.29 is 13.9 Å². The fourth-order valence-electron chi connectivity index (χ4n) is 3.29. The van der Waals surface area contributed by atoms with Crippen molar-refractivity contribution in [1.82, 2.24) is 4.90 Å². The molecule has 1 amide bonds. The number of benzene rings is 2. The molecule has 1 aliphatic heterocycles. The van der Waals surface area contributed by atoms with Gasteiger partial charge in [-0.15, -0.1) is 0 Å². The van der Waals surface area contributed by atoms with Gasteiger partial charge in [0.05, 0.1) is 5.69 Å². The molecule has 2 aromatic rings. The van der Waals surface area contributed by atoms with Crippen LogP contribution in [0.4, 0.5) is 10.1 Å². The van der Waals surface area contributed by atoms with Crippen molar-refractivity contribution in [1.29, 1.82) is 0 Å². The molecule has 0 atom stereocenters. The first kappa shape index (κ1) is 18.2. The molecule has 1 heterocycles. The summed E-state index contributed by atoms with van der Waals surface area (Å²) < 4.78 is 19.7. The Hall–Kier alpha value is -2.56. The molecule has 0 bridgehead atoms. The smallest absolute Gasteiger partial charge is 0.260 e. The molecule has 0 radical (unpaired) electrons. The zero-order chi connectivity index (χ0) is 18.7. The molecule has 0 aromatic heterocycles. The van der Waals surface area contributed by atoms with Crippen molar-refractivity contribution >= 4 is 11.6 Å². The lowest BCUT2D eigenvalue weighted by Gasteiger charge is -2.36. The highest BCUT2D eigenvalue weighted by atomic mass is 19.1. The molecule has 138 valence electrons. The molecule has 0 spiro atoms. The molecule has 0 unspecified atom stereocenters. The molecule has 0 saturated carbocycles. The second-order valence-corrected chi connectivity index (χ2v) is 6.81. The van der Waals surface area contributed by atoms with Crippen LogP contribution in [-0.2, 0) is 4.79 Å². The topological polar surface area (TPSA) is 32.8 Å². The number of amides is 1. The first-order chi connectivity index (χ1) is 12.5. The number of ether oxygens (including phenoxy) is 1. The van der Waals surface area contributed by atoms with Gasteiger partial charge in [-0.25, -0.2) is 4.39 Å². The van der Waals surface area contributed by atoms with E-state index in [2.05, 4.69) is 6.07 Å². The van der Waals surface area contributed by atoms with Gasteiger partial charge in [-0.1, -0.05) is 18.2 Å². The fraction of sp³-hybridized carbons (Fsp3) is 0.381. The SMILES string of the molecule is Cc1cc(C)c(C)c(OCC(=O)N2CCN(c3ccccc3F)CC2)c1. The number of hydrogen-bond acceptors (Lipinski definition) is 3. The number of rotatable bonds is 4. The molecular formula is C21H25FN2O2. The van der Waals surface area contributed by atoms with Gasteiger partial charge in [-0.3, -0.25) is 4.79 Å². The summed E-state index contributed by atoms with van der Waals surface area (Å²) in [5, 5.41) is 0. The Kier molecular flexibility index (Phi) is 5.45. The minimum absolute atomic E-state index is 0.0308. The number of carbonyl (C=O) groups excluding carboxylic acids is 1. The first-order valence-electron chi connectivity index (χ1n) is 8.93. The Labute approximate surface area is 154 Å². The number of carbonyl (C=O) groups is 1. The number of aryl methyl sites for hydroxylation is 2. The van der Waals surface area contributed by atoms with E-state index < -0.39 is 0 Å². The number of anilines is 1. The number of piperazine rings is 1. The van der Waals surface area contributed by atoms with E-state index in [-0.39, 0.29) is 18.3 Å². The standard InChI is InChI=1S/C21H25FN2O2/c1-15-12-16(2)17(3)20(13-15)26-14-21(25)24-10-8-23(9-11-24)19-7-5-4-6-18(19)22/h4-7,12-13H,8-11,14H2,1-3H3. The monoisotopic (exact) mass is 356 g/mol. The number of hydrogen-bond donors (Lipinski definition) is 0. The molecule has 4 nitrogen and oxygen atoms in total. The molecule has 2 aromatic carbocycles. The van der Waals surface area contributed by atoms with Crippen molar-refractivity contribution in [2.75, 3.05) is 37.7 Å². The summed E-state index contributed by atoms with van der Waals surface area (Å²) in [5.74, 6) is 0.512. The normalized spacial score (nSPS) is 14.5. The van der Waals surface area contributed by atoms with Gasteiger partial charge in [0.25, 0.3) is 5.91 Å². The van der Waals surface area contributed by atoms with Crippen LogP contribution in [0, 0.1) is 26.6 Å². The maximum atomic E-state index is 13.9. The van der Waals surface area contributed by atoms with E-state index in [4.69, 9.17) is 4.74 Å². The van der Waals surface area contributed by atoms with Crippen LogP contribution in [0.15, 0.2) is 36.4 Å². The van der Waals surface area contributed by atoms with Crippen LogP contribution in [0.2, 0.25) is 0 Å². The van der Waals surface area contributed by atoms with Gasteiger partial charge < -0.3 is 14.5 Å². The van der Waals surface area contributed by atoms with Gasteiger partial charge in [-0.2, -0.15) is 0 Å². The van der Waals surface area contributed by atoms with E-state index in [9.17, 15) is 9.18 Å². The predicted molar refractivity (Wildman–Crippen MR) is 101 cm³/mol. The lowest BCUT2D eigenvalue weighted by molar-refractivity contribution is -0.133. The predicted octanol–water partition coefficient (Wildman–Crippen LogP) is 3.48. The molecule has 0 aliphatic carbocycles. The van der Waals surface area contributed by atoms with Gasteiger partial charge in [0.2, 0.25) is 0 Å². The molecule has 1 fully saturated rings. The average Bonchev–Trinajstić information content (AvgIpc) is 2.64. The zero-order valence-electron chi connectivity index (χ0n) is 15.6. The minimum atomic E-state index is -0.221. The zero-order valence-corrected chi connectivity index (χ0v) is 15.6. The summed E-state index contributed by atoms with van der Waals surface area (Å²) in [6.45, 7) is 8.47. The lowest BCUT2D eigenvalue weighted by Crippen LogP contribution is -2.50. The van der Waals surface area contributed by atoms with Crippen LogP contribution in [0.5, 0.6) is 5.75 Å². The van der Waals surface area contributed by atoms with Crippen LogP contribution in [-0.4, -0.2) is 43.6 Å². The van der Waals surface area contributed by atoms with Crippen LogP contribution >= 0.6 is 0 Å². The summed E-state index contributed by atoms with van der Waals surface area (Å²) in [6, 6.07) is 10.8. The van der Waals surface area contributed by atoms with Crippen molar-refractivity contribution in [3.8, 4) is 5.75 Å². The quantitative estimate of drug-likeness (QED) is 0.841.